The van der Waals surface area contributed by atoms with Crippen molar-refractivity contribution < 1.29 is 35.4 Å². The molecule has 1 unspecified atom stereocenters. The third-order valence-corrected chi connectivity index (χ3v) is 3.38. The molecule has 0 aromatic rings. The Morgan fingerprint density at radius 2 is 2.00 bits per heavy atom. The Morgan fingerprint density at radius 3 is 2.17 bits per heavy atom. The van der Waals surface area contributed by atoms with E-state index in [-0.39, 0.29) is 3.89 Å². The van der Waals surface area contributed by atoms with Crippen LogP contribution in [-0.2, 0) is 25.2 Å². The fourth-order valence-corrected chi connectivity index (χ4v) is 1.46. The SMILES string of the molecule is C=[O+]C(=O)C(F)(F)Cl.C[N+]1(S(=O)[O-])CCOCC1. The first-order valence-electron chi connectivity index (χ1n) is 4.69. The molecule has 1 saturated heterocycles. The predicted molar refractivity (Wildman–Crippen MR) is 58.6 cm³/mol. The van der Waals surface area contributed by atoms with Gasteiger partial charge in [-0.1, -0.05) is 0 Å². The summed E-state index contributed by atoms with van der Waals surface area (Å²) in [4.78, 5) is 9.67. The maximum atomic E-state index is 11.4. The summed E-state index contributed by atoms with van der Waals surface area (Å²) in [5.74, 6) is -1.85. The van der Waals surface area contributed by atoms with Gasteiger partial charge in [-0.3, -0.25) is 4.42 Å². The Hall–Kier alpha value is -0.480. The van der Waals surface area contributed by atoms with Crippen LogP contribution in [0.4, 0.5) is 8.78 Å². The van der Waals surface area contributed by atoms with E-state index in [1.54, 1.807) is 7.05 Å². The minimum atomic E-state index is -3.94. The van der Waals surface area contributed by atoms with Gasteiger partial charge < -0.3 is 9.29 Å². The van der Waals surface area contributed by atoms with Gasteiger partial charge in [0.2, 0.25) is 0 Å². The molecule has 1 fully saturated rings. The van der Waals surface area contributed by atoms with Crippen molar-refractivity contribution in [1.82, 2.24) is 0 Å². The summed E-state index contributed by atoms with van der Waals surface area (Å²) >= 11 is 2.13. The van der Waals surface area contributed by atoms with E-state index in [1.807, 2.05) is 0 Å². The lowest BCUT2D eigenvalue weighted by atomic mass is 10.5. The number of morpholine rings is 1. The van der Waals surface area contributed by atoms with Gasteiger partial charge in [-0.15, -0.1) is 0 Å². The van der Waals surface area contributed by atoms with Gasteiger partial charge in [0, 0.05) is 0 Å². The monoisotopic (exact) mass is 308 g/mol. The molecule has 1 heterocycles. The highest BCUT2D eigenvalue weighted by molar-refractivity contribution is 7.73. The second kappa shape index (κ2) is 7.19. The van der Waals surface area contributed by atoms with Gasteiger partial charge in [0.1, 0.15) is 24.4 Å². The molecule has 0 spiro atoms. The van der Waals surface area contributed by atoms with Crippen LogP contribution in [0.15, 0.2) is 0 Å². The number of hydrogen-bond donors (Lipinski definition) is 0. The van der Waals surface area contributed by atoms with E-state index in [4.69, 9.17) is 4.74 Å². The molecule has 0 aromatic heterocycles. The Balaban J connectivity index is 0.000000331. The quantitative estimate of drug-likeness (QED) is 0.310. The lowest BCUT2D eigenvalue weighted by Crippen LogP contribution is -2.52. The van der Waals surface area contributed by atoms with Gasteiger partial charge in [0.15, 0.2) is 6.79 Å². The normalized spacial score (nSPS) is 20.3. The Labute approximate surface area is 110 Å². The summed E-state index contributed by atoms with van der Waals surface area (Å²) < 4.78 is 52.4. The van der Waals surface area contributed by atoms with Crippen LogP contribution in [0.3, 0.4) is 0 Å². The molecule has 0 aliphatic carbocycles. The molecule has 18 heavy (non-hydrogen) atoms. The van der Waals surface area contributed by atoms with E-state index in [1.165, 1.54) is 0 Å². The van der Waals surface area contributed by atoms with Gasteiger partial charge in [0.25, 0.3) is 0 Å². The third kappa shape index (κ3) is 5.91. The number of carbonyl (C=O) groups excluding carboxylic acids is 2. The van der Waals surface area contributed by atoms with E-state index in [2.05, 4.69) is 22.8 Å². The zero-order chi connectivity index (χ0) is 14.4. The van der Waals surface area contributed by atoms with Gasteiger partial charge in [0.05, 0.1) is 25.1 Å². The van der Waals surface area contributed by atoms with Crippen LogP contribution in [0.1, 0.15) is 0 Å². The maximum Gasteiger partial charge on any atom is 0.666 e. The molecule has 0 saturated carbocycles. The molecular weight excluding hydrogens is 296 g/mol. The molecule has 106 valence electrons. The van der Waals surface area contributed by atoms with Crippen molar-refractivity contribution >= 4 is 35.6 Å². The van der Waals surface area contributed by atoms with Crippen LogP contribution in [-0.4, -0.2) is 64.1 Å². The van der Waals surface area contributed by atoms with Gasteiger partial charge in [-0.2, -0.15) is 8.78 Å². The molecule has 0 N–H and O–H groups in total. The third-order valence-electron chi connectivity index (χ3n) is 2.14. The summed E-state index contributed by atoms with van der Waals surface area (Å²) in [7, 11) is 1.70. The molecular formula is C8H13ClF2NO5S+. The molecule has 6 nitrogen and oxygen atoms in total. The minimum Gasteiger partial charge on any atom is -0.724 e. The van der Waals surface area contributed by atoms with E-state index < -0.39 is 22.6 Å². The van der Waals surface area contributed by atoms with Crippen molar-refractivity contribution in [3.8, 4) is 0 Å². The standard InChI is InChI=1S/C5H11NO3S.C3H2ClF2O2/c1-6(10(7)8)2-4-9-5-3-6;1-8-2(7)3(4,5)6/h2-5H2,1H3;1H2/q;+1. The van der Waals surface area contributed by atoms with E-state index in [0.717, 1.165) is 0 Å². The number of nitrogens with zero attached hydrogens (tertiary/aromatic N) is 1. The van der Waals surface area contributed by atoms with Crippen molar-refractivity contribution in [2.24, 2.45) is 0 Å². The van der Waals surface area contributed by atoms with E-state index in [0.29, 0.717) is 26.3 Å². The smallest absolute Gasteiger partial charge is 0.666 e. The number of halogens is 3. The van der Waals surface area contributed by atoms with Crippen molar-refractivity contribution in [2.75, 3.05) is 33.4 Å². The first-order valence-corrected chi connectivity index (χ1v) is 6.10. The summed E-state index contributed by atoms with van der Waals surface area (Å²) in [6.45, 7) is 4.66. The molecule has 0 bridgehead atoms. The van der Waals surface area contributed by atoms with Gasteiger partial charge in [-0.25, -0.2) is 8.10 Å². The van der Waals surface area contributed by atoms with Crippen molar-refractivity contribution in [3.05, 3.63) is 0 Å². The van der Waals surface area contributed by atoms with Crippen LogP contribution in [0.25, 0.3) is 0 Å². The summed E-state index contributed by atoms with van der Waals surface area (Å²) in [6.07, 6.45) is 0. The zero-order valence-electron chi connectivity index (χ0n) is 9.57. The molecule has 0 radical (unpaired) electrons. The van der Waals surface area contributed by atoms with E-state index >= 15 is 0 Å². The molecule has 1 aliphatic rings. The lowest BCUT2D eigenvalue weighted by molar-refractivity contribution is -0.795. The average molecular weight is 309 g/mol. The Bertz CT molecular complexity index is 330. The maximum absolute atomic E-state index is 11.4. The second-order valence-corrected chi connectivity index (χ2v) is 5.29. The fourth-order valence-electron chi connectivity index (χ4n) is 0.960. The van der Waals surface area contributed by atoms with Crippen molar-refractivity contribution in [1.29, 1.82) is 0 Å². The average Bonchev–Trinajstić information content (AvgIpc) is 2.28. The van der Waals surface area contributed by atoms with Crippen LogP contribution < -0.4 is 0 Å². The number of quaternary nitrogens is 1. The lowest BCUT2D eigenvalue weighted by Gasteiger charge is -2.37. The van der Waals surface area contributed by atoms with Crippen molar-refractivity contribution in [3.63, 3.8) is 0 Å². The van der Waals surface area contributed by atoms with Gasteiger partial charge in [-0.05, 0) is 11.6 Å². The van der Waals surface area contributed by atoms with Crippen molar-refractivity contribution in [2.45, 2.75) is 5.38 Å². The number of likely N-dealkylation sites (N-methyl/N-ethyl adjacent to an activating group) is 1. The first-order chi connectivity index (χ1) is 8.13. The molecule has 1 rings (SSSR count). The van der Waals surface area contributed by atoms with Crippen LogP contribution in [0, 0.1) is 0 Å². The molecule has 0 aromatic carbocycles. The number of rotatable bonds is 2. The summed E-state index contributed by atoms with van der Waals surface area (Å²) in [6, 6.07) is 0. The molecule has 1 atom stereocenters. The largest absolute Gasteiger partial charge is 0.724 e. The number of carbonyl (C=O) groups is 1. The highest BCUT2D eigenvalue weighted by Gasteiger charge is 2.47. The first kappa shape index (κ1) is 17.5. The Kier molecular flexibility index (Phi) is 7.00. The molecule has 10 heteroatoms. The van der Waals surface area contributed by atoms with Crippen LogP contribution in [0.5, 0.6) is 0 Å². The topological polar surface area (TPSA) is 77.7 Å². The number of ether oxygens (including phenoxy) is 1. The zero-order valence-corrected chi connectivity index (χ0v) is 11.1. The number of alkyl halides is 3. The highest BCUT2D eigenvalue weighted by atomic mass is 35.5. The summed E-state index contributed by atoms with van der Waals surface area (Å²) in [5.41, 5.74) is 0. The van der Waals surface area contributed by atoms with Crippen LogP contribution in [0.2, 0.25) is 0 Å². The van der Waals surface area contributed by atoms with E-state index in [9.17, 15) is 22.3 Å². The second-order valence-electron chi connectivity index (χ2n) is 3.50. The summed E-state index contributed by atoms with van der Waals surface area (Å²) in [5, 5.41) is -3.94. The molecule has 0 amide bonds. The minimum absolute atomic E-state index is 0.0972. The van der Waals surface area contributed by atoms with Gasteiger partial charge >= 0.3 is 11.4 Å². The predicted octanol–water partition coefficient (Wildman–Crippen LogP) is -0.0337. The Morgan fingerprint density at radius 1 is 1.56 bits per heavy atom. The number of hydrogen-bond acceptors (Lipinski definition) is 4. The van der Waals surface area contributed by atoms with Crippen LogP contribution >= 0.6 is 11.6 Å². The highest BCUT2D eigenvalue weighted by Crippen LogP contribution is 2.18. The molecule has 1 aliphatic heterocycles. The fraction of sp³-hybridized carbons (Fsp3) is 0.750.